The van der Waals surface area contributed by atoms with Crippen molar-refractivity contribution >= 4 is 36.5 Å². The molecule has 2 rings (SSSR count). The highest BCUT2D eigenvalue weighted by molar-refractivity contribution is 5.90. The smallest absolute Gasteiger partial charge is 0.291 e. The molecule has 118 valence electrons. The van der Waals surface area contributed by atoms with Crippen molar-refractivity contribution < 1.29 is 4.79 Å². The summed E-state index contributed by atoms with van der Waals surface area (Å²) in [6.07, 6.45) is 0. The fourth-order valence-electron chi connectivity index (χ4n) is 1.78. The largest absolute Gasteiger partial charge is 0.348 e. The van der Waals surface area contributed by atoms with E-state index in [-0.39, 0.29) is 36.5 Å². The van der Waals surface area contributed by atoms with Gasteiger partial charge in [-0.1, -0.05) is 6.92 Å². The maximum Gasteiger partial charge on any atom is 0.291 e. The van der Waals surface area contributed by atoms with Crippen LogP contribution in [-0.4, -0.2) is 45.1 Å². The molecule has 0 aliphatic heterocycles. The van der Waals surface area contributed by atoms with Crippen molar-refractivity contribution in [1.82, 2.24) is 30.2 Å². The van der Waals surface area contributed by atoms with Crippen LogP contribution in [0.1, 0.15) is 28.9 Å². The first-order valence-electron chi connectivity index (χ1n) is 6.31. The van der Waals surface area contributed by atoms with Crippen LogP contribution in [0, 0.1) is 13.8 Å². The van der Waals surface area contributed by atoms with Gasteiger partial charge in [0, 0.05) is 24.5 Å². The van der Waals surface area contributed by atoms with Crippen molar-refractivity contribution in [1.29, 1.82) is 0 Å². The monoisotopic (exact) mass is 334 g/mol. The van der Waals surface area contributed by atoms with Gasteiger partial charge in [-0.05, 0) is 26.5 Å². The summed E-state index contributed by atoms with van der Waals surface area (Å²) >= 11 is 0. The van der Waals surface area contributed by atoms with Crippen molar-refractivity contribution in [2.75, 3.05) is 19.6 Å². The van der Waals surface area contributed by atoms with Gasteiger partial charge in [0.25, 0.3) is 11.7 Å². The minimum Gasteiger partial charge on any atom is -0.348 e. The number of halogens is 2. The van der Waals surface area contributed by atoms with E-state index in [1.54, 1.807) is 4.52 Å². The standard InChI is InChI=1S/C12H18N6O.2ClH/c1-4-13-5-6-14-11(19)10-16-12-15-8(2)7-9(3)18(12)17-10;;/h7,13H,4-6H2,1-3H3,(H,14,19);2*1H. The van der Waals surface area contributed by atoms with E-state index in [0.717, 1.165) is 24.5 Å². The second-order valence-electron chi connectivity index (χ2n) is 4.30. The van der Waals surface area contributed by atoms with Gasteiger partial charge in [0.05, 0.1) is 0 Å². The van der Waals surface area contributed by atoms with E-state index < -0.39 is 0 Å². The maximum absolute atomic E-state index is 11.9. The van der Waals surface area contributed by atoms with Gasteiger partial charge in [0.1, 0.15) is 0 Å². The lowest BCUT2D eigenvalue weighted by molar-refractivity contribution is 0.0944. The maximum atomic E-state index is 11.9. The van der Waals surface area contributed by atoms with E-state index in [0.29, 0.717) is 12.3 Å². The Morgan fingerprint density at radius 2 is 1.95 bits per heavy atom. The third-order valence-electron chi connectivity index (χ3n) is 2.66. The fraction of sp³-hybridized carbons (Fsp3) is 0.500. The number of rotatable bonds is 5. The molecule has 2 heterocycles. The SMILES string of the molecule is CCNCCNC(=O)c1nc2nc(C)cc(C)n2n1.Cl.Cl. The number of hydrogen-bond acceptors (Lipinski definition) is 5. The molecule has 0 bridgehead atoms. The lowest BCUT2D eigenvalue weighted by Gasteiger charge is -2.02. The molecule has 0 aromatic carbocycles. The number of fused-ring (bicyclic) bond motifs is 1. The Balaban J connectivity index is 0.00000200. The molecule has 0 unspecified atom stereocenters. The summed E-state index contributed by atoms with van der Waals surface area (Å²) in [4.78, 5) is 20.3. The predicted molar refractivity (Wildman–Crippen MR) is 85.6 cm³/mol. The molecular weight excluding hydrogens is 315 g/mol. The van der Waals surface area contributed by atoms with Crippen LogP contribution in [0.25, 0.3) is 5.78 Å². The van der Waals surface area contributed by atoms with Gasteiger partial charge in [0.15, 0.2) is 0 Å². The molecule has 21 heavy (non-hydrogen) atoms. The normalized spacial score (nSPS) is 9.86. The average molecular weight is 335 g/mol. The molecule has 0 saturated carbocycles. The number of carbonyl (C=O) groups excluding carboxylic acids is 1. The summed E-state index contributed by atoms with van der Waals surface area (Å²) in [5.74, 6) is 0.326. The van der Waals surface area contributed by atoms with E-state index in [1.807, 2.05) is 26.8 Å². The van der Waals surface area contributed by atoms with Crippen molar-refractivity contribution in [2.24, 2.45) is 0 Å². The van der Waals surface area contributed by atoms with Crippen molar-refractivity contribution in [3.05, 3.63) is 23.3 Å². The van der Waals surface area contributed by atoms with Crippen LogP contribution in [-0.2, 0) is 0 Å². The number of aromatic nitrogens is 4. The van der Waals surface area contributed by atoms with E-state index in [2.05, 4.69) is 25.7 Å². The number of aryl methyl sites for hydroxylation is 2. The van der Waals surface area contributed by atoms with Crippen LogP contribution in [0.2, 0.25) is 0 Å². The van der Waals surface area contributed by atoms with Crippen molar-refractivity contribution in [3.8, 4) is 0 Å². The minimum atomic E-state index is -0.277. The zero-order valence-electron chi connectivity index (χ0n) is 12.2. The molecular formula is C12H20Cl2N6O. The Labute approximate surface area is 135 Å². The number of amides is 1. The molecule has 0 aliphatic rings. The van der Waals surface area contributed by atoms with E-state index in [9.17, 15) is 4.79 Å². The van der Waals surface area contributed by atoms with Crippen LogP contribution >= 0.6 is 24.8 Å². The van der Waals surface area contributed by atoms with Crippen LogP contribution in [0.5, 0.6) is 0 Å². The molecule has 0 atom stereocenters. The Kier molecular flexibility index (Phi) is 8.16. The lowest BCUT2D eigenvalue weighted by Crippen LogP contribution is -2.32. The predicted octanol–water partition coefficient (Wildman–Crippen LogP) is 0.924. The highest BCUT2D eigenvalue weighted by Gasteiger charge is 2.14. The Morgan fingerprint density at radius 1 is 1.24 bits per heavy atom. The molecule has 0 aliphatic carbocycles. The molecule has 0 spiro atoms. The van der Waals surface area contributed by atoms with E-state index in [1.165, 1.54) is 0 Å². The fourth-order valence-corrected chi connectivity index (χ4v) is 1.78. The summed E-state index contributed by atoms with van der Waals surface area (Å²) < 4.78 is 1.58. The zero-order chi connectivity index (χ0) is 13.8. The van der Waals surface area contributed by atoms with Crippen LogP contribution in [0.15, 0.2) is 6.07 Å². The first kappa shape index (κ1) is 19.6. The van der Waals surface area contributed by atoms with Crippen molar-refractivity contribution in [3.63, 3.8) is 0 Å². The van der Waals surface area contributed by atoms with Gasteiger partial charge < -0.3 is 10.6 Å². The van der Waals surface area contributed by atoms with E-state index >= 15 is 0 Å². The topological polar surface area (TPSA) is 84.2 Å². The van der Waals surface area contributed by atoms with Gasteiger partial charge in [-0.2, -0.15) is 4.98 Å². The molecule has 0 fully saturated rings. The summed E-state index contributed by atoms with van der Waals surface area (Å²) in [6.45, 7) is 7.97. The lowest BCUT2D eigenvalue weighted by atomic mass is 10.4. The molecule has 2 N–H and O–H groups in total. The summed E-state index contributed by atoms with van der Waals surface area (Å²) in [6, 6.07) is 1.90. The van der Waals surface area contributed by atoms with Gasteiger partial charge >= 0.3 is 0 Å². The summed E-state index contributed by atoms with van der Waals surface area (Å²) in [7, 11) is 0. The highest BCUT2D eigenvalue weighted by atomic mass is 35.5. The Hall–Kier alpha value is -1.44. The molecule has 2 aromatic rings. The van der Waals surface area contributed by atoms with Gasteiger partial charge in [-0.15, -0.1) is 29.9 Å². The third-order valence-corrected chi connectivity index (χ3v) is 2.66. The van der Waals surface area contributed by atoms with Crippen molar-refractivity contribution in [2.45, 2.75) is 20.8 Å². The Morgan fingerprint density at radius 3 is 2.62 bits per heavy atom. The number of carbonyl (C=O) groups is 1. The zero-order valence-corrected chi connectivity index (χ0v) is 13.8. The van der Waals surface area contributed by atoms with Crippen LogP contribution in [0.4, 0.5) is 0 Å². The number of nitrogens with one attached hydrogen (secondary N) is 2. The number of hydrogen-bond donors (Lipinski definition) is 2. The molecule has 9 heteroatoms. The number of nitrogens with zero attached hydrogens (tertiary/aromatic N) is 4. The van der Waals surface area contributed by atoms with E-state index in [4.69, 9.17) is 0 Å². The number of likely N-dealkylation sites (N-methyl/N-ethyl adjacent to an activating group) is 1. The van der Waals surface area contributed by atoms with Gasteiger partial charge in [0.2, 0.25) is 5.82 Å². The quantitative estimate of drug-likeness (QED) is 0.794. The minimum absolute atomic E-state index is 0. The molecule has 7 nitrogen and oxygen atoms in total. The molecule has 2 aromatic heterocycles. The molecule has 1 amide bonds. The summed E-state index contributed by atoms with van der Waals surface area (Å²) in [5.41, 5.74) is 1.76. The Bertz CT molecular complexity index is 601. The highest BCUT2D eigenvalue weighted by Crippen LogP contribution is 2.05. The molecule has 0 saturated heterocycles. The van der Waals surface area contributed by atoms with Gasteiger partial charge in [-0.25, -0.2) is 9.50 Å². The summed E-state index contributed by atoms with van der Waals surface area (Å²) in [5, 5.41) is 10.0. The second kappa shape index (κ2) is 8.76. The van der Waals surface area contributed by atoms with Gasteiger partial charge in [-0.3, -0.25) is 4.79 Å². The first-order chi connectivity index (χ1) is 9.11. The first-order valence-corrected chi connectivity index (χ1v) is 6.31. The molecule has 0 radical (unpaired) electrons. The third kappa shape index (κ3) is 4.80. The van der Waals surface area contributed by atoms with Crippen LogP contribution < -0.4 is 10.6 Å². The second-order valence-corrected chi connectivity index (χ2v) is 4.30. The van der Waals surface area contributed by atoms with Crippen LogP contribution in [0.3, 0.4) is 0 Å². The average Bonchev–Trinajstić information content (AvgIpc) is 2.78.